The van der Waals surface area contributed by atoms with E-state index in [0.717, 1.165) is 0 Å². The maximum Gasteiger partial charge on any atom is 0.187 e. The largest absolute Gasteiger partial charge is 0.494 e. The topological polar surface area (TPSA) is 26.3 Å². The molecule has 76 valence electrons. The molecule has 0 unspecified atom stereocenters. The number of benzene rings is 1. The van der Waals surface area contributed by atoms with Crippen LogP contribution in [0, 0.1) is 5.82 Å². The zero-order valence-electron chi connectivity index (χ0n) is 7.26. The lowest BCUT2D eigenvalue weighted by molar-refractivity contribution is 0.101. The zero-order valence-corrected chi connectivity index (χ0v) is 10.4. The molecule has 14 heavy (non-hydrogen) atoms. The second-order valence-corrected chi connectivity index (χ2v) is 5.57. The predicted molar refractivity (Wildman–Crippen MR) is 58.9 cm³/mol. The van der Waals surface area contributed by atoms with E-state index < -0.39 is 9.55 Å². The molecule has 0 aliphatic heterocycles. The van der Waals surface area contributed by atoms with Gasteiger partial charge in [-0.15, -0.1) is 0 Å². The van der Waals surface area contributed by atoms with E-state index in [0.29, 0.717) is 5.56 Å². The third-order valence-electron chi connectivity index (χ3n) is 1.63. The maximum absolute atomic E-state index is 13.0. The molecule has 0 spiro atoms. The molecule has 0 radical (unpaired) electrons. The molecule has 0 heterocycles. The molecule has 1 aromatic carbocycles. The Bertz CT molecular complexity index is 353. The van der Waals surface area contributed by atoms with Crippen LogP contribution in [0.4, 0.5) is 4.39 Å². The van der Waals surface area contributed by atoms with Gasteiger partial charge in [-0.2, -0.15) is 0 Å². The van der Waals surface area contributed by atoms with Crippen molar-refractivity contribution in [3.05, 3.63) is 29.6 Å². The van der Waals surface area contributed by atoms with Gasteiger partial charge in [0.25, 0.3) is 0 Å². The molecule has 0 N–H and O–H groups in total. The first-order valence-electron chi connectivity index (χ1n) is 3.72. The minimum atomic E-state index is -0.482. The van der Waals surface area contributed by atoms with Gasteiger partial charge in [0, 0.05) is 5.56 Å². The van der Waals surface area contributed by atoms with Crippen LogP contribution in [0.25, 0.3) is 0 Å². The molecule has 5 heteroatoms. The van der Waals surface area contributed by atoms with Gasteiger partial charge in [0.05, 0.1) is 7.11 Å². The number of Topliss-reactive ketones (excluding diaryl/α,β-unsaturated/α-hetero) is 1. The molecular weight excluding hydrogens is 319 g/mol. The molecule has 0 aromatic heterocycles. The van der Waals surface area contributed by atoms with E-state index in [1.165, 1.54) is 25.3 Å². The number of hydrogen-bond acceptors (Lipinski definition) is 2. The van der Waals surface area contributed by atoms with E-state index in [-0.39, 0.29) is 11.5 Å². The van der Waals surface area contributed by atoms with Crippen LogP contribution in [-0.2, 0) is 0 Å². The number of halogens is 3. The average molecular weight is 326 g/mol. The monoisotopic (exact) mass is 324 g/mol. The molecule has 2 nitrogen and oxygen atoms in total. The second kappa shape index (κ2) is 4.89. The predicted octanol–water partition coefficient (Wildman–Crippen LogP) is 3.13. The molecule has 0 aliphatic rings. The van der Waals surface area contributed by atoms with E-state index in [1.54, 1.807) is 0 Å². The van der Waals surface area contributed by atoms with Crippen molar-refractivity contribution in [2.75, 3.05) is 7.11 Å². The highest BCUT2D eigenvalue weighted by Gasteiger charge is 2.15. The number of hydrogen-bond donors (Lipinski definition) is 0. The Balaban J connectivity index is 3.06. The van der Waals surface area contributed by atoms with Crippen molar-refractivity contribution in [3.8, 4) is 5.75 Å². The smallest absolute Gasteiger partial charge is 0.187 e. The highest BCUT2D eigenvalue weighted by atomic mass is 79.9. The van der Waals surface area contributed by atoms with Crippen LogP contribution in [-0.4, -0.2) is 16.6 Å². The second-order valence-electron chi connectivity index (χ2n) is 2.51. The zero-order chi connectivity index (χ0) is 10.7. The SMILES string of the molecule is COc1cc(C(=O)C(Br)Br)ccc1F. The van der Waals surface area contributed by atoms with Gasteiger partial charge in [0.1, 0.15) is 3.74 Å². The minimum Gasteiger partial charge on any atom is -0.494 e. The lowest BCUT2D eigenvalue weighted by Crippen LogP contribution is -2.07. The average Bonchev–Trinajstić information content (AvgIpc) is 2.17. The lowest BCUT2D eigenvalue weighted by atomic mass is 10.1. The van der Waals surface area contributed by atoms with E-state index in [4.69, 9.17) is 4.74 Å². The van der Waals surface area contributed by atoms with Crippen LogP contribution >= 0.6 is 31.9 Å². The van der Waals surface area contributed by atoms with Crippen LogP contribution in [0.5, 0.6) is 5.75 Å². The fourth-order valence-corrected chi connectivity index (χ4v) is 1.47. The van der Waals surface area contributed by atoms with Crippen molar-refractivity contribution < 1.29 is 13.9 Å². The fraction of sp³-hybridized carbons (Fsp3) is 0.222. The molecule has 1 aromatic rings. The van der Waals surface area contributed by atoms with Crippen LogP contribution < -0.4 is 4.74 Å². The van der Waals surface area contributed by atoms with Gasteiger partial charge in [-0.05, 0) is 18.2 Å². The standard InChI is InChI=1S/C9H7Br2FO2/c1-14-7-4-5(2-3-6(7)12)8(13)9(10)11/h2-4,9H,1H3. The van der Waals surface area contributed by atoms with Gasteiger partial charge in [-0.1, -0.05) is 31.9 Å². The Kier molecular flexibility index (Phi) is 4.07. The van der Waals surface area contributed by atoms with E-state index in [9.17, 15) is 9.18 Å². The molecule has 0 amide bonds. The van der Waals surface area contributed by atoms with Gasteiger partial charge < -0.3 is 4.74 Å². The Labute approximate surface area is 97.7 Å². The molecule has 0 fully saturated rings. The minimum absolute atomic E-state index is 0.0662. The molecule has 0 saturated carbocycles. The van der Waals surface area contributed by atoms with Gasteiger partial charge in [0.2, 0.25) is 0 Å². The van der Waals surface area contributed by atoms with Crippen molar-refractivity contribution in [3.63, 3.8) is 0 Å². The Hall–Kier alpha value is -0.420. The van der Waals surface area contributed by atoms with Crippen LogP contribution in [0.15, 0.2) is 18.2 Å². The fourth-order valence-electron chi connectivity index (χ4n) is 0.939. The number of rotatable bonds is 3. The van der Waals surface area contributed by atoms with Crippen LogP contribution in [0.1, 0.15) is 10.4 Å². The number of ketones is 1. The highest BCUT2D eigenvalue weighted by molar-refractivity contribution is 9.25. The van der Waals surface area contributed by atoms with E-state index in [1.807, 2.05) is 0 Å². The van der Waals surface area contributed by atoms with Crippen molar-refractivity contribution in [1.29, 1.82) is 0 Å². The molecule has 1 rings (SSSR count). The van der Waals surface area contributed by atoms with Crippen molar-refractivity contribution in [1.82, 2.24) is 0 Å². The molecule has 0 aliphatic carbocycles. The lowest BCUT2D eigenvalue weighted by Gasteiger charge is -2.05. The summed E-state index contributed by atoms with van der Waals surface area (Å²) in [5.41, 5.74) is 0.391. The third kappa shape index (κ3) is 2.54. The summed E-state index contributed by atoms with van der Waals surface area (Å²) in [6.45, 7) is 0. The summed E-state index contributed by atoms with van der Waals surface area (Å²) in [6.07, 6.45) is 0. The Morgan fingerprint density at radius 3 is 2.64 bits per heavy atom. The first-order valence-corrected chi connectivity index (χ1v) is 5.55. The Morgan fingerprint density at radius 2 is 2.14 bits per heavy atom. The van der Waals surface area contributed by atoms with Crippen molar-refractivity contribution in [2.24, 2.45) is 0 Å². The highest BCUT2D eigenvalue weighted by Crippen LogP contribution is 2.22. The number of carbonyl (C=O) groups is 1. The van der Waals surface area contributed by atoms with Crippen LogP contribution in [0.2, 0.25) is 0 Å². The van der Waals surface area contributed by atoms with Gasteiger partial charge >= 0.3 is 0 Å². The summed E-state index contributed by atoms with van der Waals surface area (Å²) in [7, 11) is 1.35. The van der Waals surface area contributed by atoms with E-state index >= 15 is 0 Å². The summed E-state index contributed by atoms with van der Waals surface area (Å²) in [5.74, 6) is -0.593. The third-order valence-corrected chi connectivity index (χ3v) is 2.47. The number of alkyl halides is 2. The molecule has 0 saturated heterocycles. The summed E-state index contributed by atoms with van der Waals surface area (Å²) in [4.78, 5) is 11.5. The van der Waals surface area contributed by atoms with Crippen molar-refractivity contribution in [2.45, 2.75) is 3.74 Å². The van der Waals surface area contributed by atoms with E-state index in [2.05, 4.69) is 31.9 Å². The molecular formula is C9H7Br2FO2. The van der Waals surface area contributed by atoms with Crippen LogP contribution in [0.3, 0.4) is 0 Å². The number of carbonyl (C=O) groups excluding carboxylic acids is 1. The number of methoxy groups -OCH3 is 1. The first-order chi connectivity index (χ1) is 6.56. The first kappa shape index (κ1) is 11.7. The quantitative estimate of drug-likeness (QED) is 0.630. The van der Waals surface area contributed by atoms with Gasteiger partial charge in [0.15, 0.2) is 17.3 Å². The summed E-state index contributed by atoms with van der Waals surface area (Å²) in [6, 6.07) is 3.98. The van der Waals surface area contributed by atoms with Crippen molar-refractivity contribution >= 4 is 37.6 Å². The summed E-state index contributed by atoms with van der Waals surface area (Å²) >= 11 is 6.15. The maximum atomic E-state index is 13.0. The van der Waals surface area contributed by atoms with Gasteiger partial charge in [-0.3, -0.25) is 4.79 Å². The Morgan fingerprint density at radius 1 is 1.50 bits per heavy atom. The summed E-state index contributed by atoms with van der Waals surface area (Å²) < 4.78 is 17.3. The molecule has 0 bridgehead atoms. The normalized spacial score (nSPS) is 10.4. The molecule has 0 atom stereocenters. The summed E-state index contributed by atoms with van der Waals surface area (Å²) in [5, 5.41) is 0. The number of ether oxygens (including phenoxy) is 1. The van der Waals surface area contributed by atoms with Gasteiger partial charge in [-0.25, -0.2) is 4.39 Å².